The van der Waals surface area contributed by atoms with Crippen LogP contribution in [0, 0.1) is 5.82 Å². The normalized spacial score (nSPS) is 12.9. The molecule has 3 nitrogen and oxygen atoms in total. The number of aromatic nitrogens is 1. The number of H-pyrrole nitrogens is 1. The highest BCUT2D eigenvalue weighted by Gasteiger charge is 2.21. The lowest BCUT2D eigenvalue weighted by Gasteiger charge is -2.08. The first-order valence-electron chi connectivity index (χ1n) is 7.94. The molecule has 1 N–H and O–H groups in total. The molecule has 0 radical (unpaired) electrons. The van der Waals surface area contributed by atoms with Crippen molar-refractivity contribution < 1.29 is 4.39 Å². The maximum absolute atomic E-state index is 14.5. The van der Waals surface area contributed by atoms with Crippen molar-refractivity contribution >= 4 is 35.3 Å². The van der Waals surface area contributed by atoms with Gasteiger partial charge in [-0.1, -0.05) is 24.3 Å². The van der Waals surface area contributed by atoms with Gasteiger partial charge in [0.05, 0.1) is 17.1 Å². The summed E-state index contributed by atoms with van der Waals surface area (Å²) in [7, 11) is 0. The number of nitrogens with one attached hydrogen (secondary N) is 1. The second-order valence-corrected chi connectivity index (χ2v) is 5.92. The van der Waals surface area contributed by atoms with E-state index in [4.69, 9.17) is 11.6 Å². The molecule has 0 aliphatic heterocycles. The highest BCUT2D eigenvalue weighted by Crippen LogP contribution is 2.37. The maximum atomic E-state index is 14.5. The fraction of sp³-hybridized carbons (Fsp3) is 0.200. The van der Waals surface area contributed by atoms with Gasteiger partial charge in [-0.05, 0) is 52.0 Å². The number of halogens is 2. The minimum absolute atomic E-state index is 0.370. The van der Waals surface area contributed by atoms with E-state index in [1.165, 1.54) is 12.1 Å². The number of benzene rings is 1. The molecule has 25 heavy (non-hydrogen) atoms. The van der Waals surface area contributed by atoms with Gasteiger partial charge in [-0.25, -0.2) is 4.39 Å². The molecule has 0 unspecified atom stereocenters. The van der Waals surface area contributed by atoms with Gasteiger partial charge in [-0.3, -0.25) is 9.98 Å². The first-order chi connectivity index (χ1) is 11.9. The van der Waals surface area contributed by atoms with Gasteiger partial charge in [-0.15, -0.1) is 0 Å². The number of rotatable bonds is 5. The maximum Gasteiger partial charge on any atom is 0.132 e. The summed E-state index contributed by atoms with van der Waals surface area (Å²) in [5.41, 5.74) is 4.66. The van der Waals surface area contributed by atoms with Gasteiger partial charge >= 0.3 is 0 Å². The smallest absolute Gasteiger partial charge is 0.132 e. The summed E-state index contributed by atoms with van der Waals surface area (Å²) in [6.07, 6.45) is 5.26. The number of allylic oxidation sites excluding steroid dienone is 2. The van der Waals surface area contributed by atoms with E-state index in [1.54, 1.807) is 18.4 Å². The molecule has 1 heterocycles. The van der Waals surface area contributed by atoms with E-state index in [0.717, 1.165) is 17.0 Å². The van der Waals surface area contributed by atoms with E-state index in [9.17, 15) is 4.39 Å². The van der Waals surface area contributed by atoms with Crippen molar-refractivity contribution in [3.05, 3.63) is 58.6 Å². The zero-order valence-electron chi connectivity index (χ0n) is 14.8. The fourth-order valence-electron chi connectivity index (χ4n) is 2.55. The Morgan fingerprint density at radius 3 is 2.60 bits per heavy atom. The van der Waals surface area contributed by atoms with E-state index in [1.807, 2.05) is 33.8 Å². The van der Waals surface area contributed by atoms with Crippen molar-refractivity contribution in [3.63, 3.8) is 0 Å². The molecule has 0 amide bonds. The largest absolute Gasteiger partial charge is 0.353 e. The minimum atomic E-state index is -0.370. The summed E-state index contributed by atoms with van der Waals surface area (Å²) >= 11 is 6.08. The molecule has 0 spiro atoms. The summed E-state index contributed by atoms with van der Waals surface area (Å²) in [4.78, 5) is 12.2. The summed E-state index contributed by atoms with van der Waals surface area (Å²) in [6.45, 7) is 11.4. The second-order valence-electron chi connectivity index (χ2n) is 5.48. The van der Waals surface area contributed by atoms with Gasteiger partial charge in [0.2, 0.25) is 0 Å². The van der Waals surface area contributed by atoms with Crippen LogP contribution in [0.2, 0.25) is 5.02 Å². The SMILES string of the molecule is C=Cc1[nH]c(-c2cc(Cl)ccc2F)c(C(C)=N/C(C)=C/C)c1N=CC. The summed E-state index contributed by atoms with van der Waals surface area (Å²) in [5.74, 6) is -0.370. The topological polar surface area (TPSA) is 40.5 Å². The highest BCUT2D eigenvalue weighted by molar-refractivity contribution is 6.31. The van der Waals surface area contributed by atoms with Gasteiger partial charge in [0.25, 0.3) is 0 Å². The van der Waals surface area contributed by atoms with Crippen molar-refractivity contribution in [2.24, 2.45) is 9.98 Å². The lowest BCUT2D eigenvalue weighted by atomic mass is 10.0. The standard InChI is InChI=1S/C20H21ClFN3/c1-6-12(4)24-13(5)18-19(15-11-14(21)9-10-16(15)22)25-17(7-2)20(18)23-8-3/h6-11,25H,2H2,1,3-5H3/b12-6+,23-8?,24-13?. The third-order valence-corrected chi connectivity index (χ3v) is 4.02. The molecular formula is C20H21ClFN3. The molecule has 0 saturated carbocycles. The van der Waals surface area contributed by atoms with Crippen molar-refractivity contribution in [1.82, 2.24) is 4.98 Å². The van der Waals surface area contributed by atoms with Crippen LogP contribution in [0.4, 0.5) is 10.1 Å². The molecule has 5 heteroatoms. The van der Waals surface area contributed by atoms with Gasteiger partial charge < -0.3 is 4.98 Å². The zero-order chi connectivity index (χ0) is 18.6. The van der Waals surface area contributed by atoms with E-state index >= 15 is 0 Å². The monoisotopic (exact) mass is 357 g/mol. The van der Waals surface area contributed by atoms with Crippen LogP contribution in [0.5, 0.6) is 0 Å². The second kappa shape index (κ2) is 8.08. The summed E-state index contributed by atoms with van der Waals surface area (Å²) in [6, 6.07) is 4.46. The molecule has 1 aromatic heterocycles. The Bertz CT molecular complexity index is 889. The molecule has 0 bridgehead atoms. The van der Waals surface area contributed by atoms with Crippen molar-refractivity contribution in [2.45, 2.75) is 27.7 Å². The molecule has 0 aliphatic rings. The third-order valence-electron chi connectivity index (χ3n) is 3.79. The van der Waals surface area contributed by atoms with Gasteiger partial charge in [-0.2, -0.15) is 0 Å². The Labute approximate surface area is 152 Å². The number of hydrogen-bond acceptors (Lipinski definition) is 2. The van der Waals surface area contributed by atoms with Crippen LogP contribution in [-0.2, 0) is 0 Å². The van der Waals surface area contributed by atoms with Gasteiger partial charge in [0.1, 0.15) is 5.82 Å². The summed E-state index contributed by atoms with van der Waals surface area (Å²) in [5, 5.41) is 0.455. The number of hydrogen-bond donors (Lipinski definition) is 1. The molecular weight excluding hydrogens is 337 g/mol. The number of aromatic amines is 1. The van der Waals surface area contributed by atoms with E-state index in [-0.39, 0.29) is 5.82 Å². The summed E-state index contributed by atoms with van der Waals surface area (Å²) < 4.78 is 14.5. The van der Waals surface area contributed by atoms with E-state index < -0.39 is 0 Å². The number of nitrogens with zero attached hydrogens (tertiary/aromatic N) is 2. The van der Waals surface area contributed by atoms with Crippen LogP contribution >= 0.6 is 11.6 Å². The van der Waals surface area contributed by atoms with E-state index in [2.05, 4.69) is 21.5 Å². The third kappa shape index (κ3) is 3.97. The average molecular weight is 358 g/mol. The predicted octanol–water partition coefficient (Wildman–Crippen LogP) is 6.57. The Kier molecular flexibility index (Phi) is 6.10. The average Bonchev–Trinajstić information content (AvgIpc) is 2.95. The Morgan fingerprint density at radius 2 is 2.00 bits per heavy atom. The van der Waals surface area contributed by atoms with Crippen molar-refractivity contribution in [2.75, 3.05) is 0 Å². The molecule has 0 saturated heterocycles. The molecule has 1 aromatic carbocycles. The first-order valence-corrected chi connectivity index (χ1v) is 8.31. The first kappa shape index (κ1) is 18.9. The Hall–Kier alpha value is -2.46. The zero-order valence-corrected chi connectivity index (χ0v) is 15.6. The van der Waals surface area contributed by atoms with Crippen LogP contribution in [0.3, 0.4) is 0 Å². The van der Waals surface area contributed by atoms with E-state index in [0.29, 0.717) is 27.7 Å². The molecule has 0 fully saturated rings. The molecule has 0 atom stereocenters. The van der Waals surface area contributed by atoms with Gasteiger partial charge in [0, 0.05) is 33.8 Å². The lowest BCUT2D eigenvalue weighted by Crippen LogP contribution is -1.98. The van der Waals surface area contributed by atoms with Gasteiger partial charge in [0.15, 0.2) is 0 Å². The number of aliphatic imine (C=N–C) groups is 2. The Morgan fingerprint density at radius 1 is 1.28 bits per heavy atom. The molecule has 2 aromatic rings. The Balaban J connectivity index is 2.86. The predicted molar refractivity (Wildman–Crippen MR) is 107 cm³/mol. The van der Waals surface area contributed by atoms with Crippen LogP contribution in [0.15, 0.2) is 46.5 Å². The van der Waals surface area contributed by atoms with Crippen molar-refractivity contribution in [3.8, 4) is 11.3 Å². The lowest BCUT2D eigenvalue weighted by molar-refractivity contribution is 0.631. The molecule has 2 rings (SSSR count). The van der Waals surface area contributed by atoms with Crippen LogP contribution in [0.25, 0.3) is 17.3 Å². The fourth-order valence-corrected chi connectivity index (χ4v) is 2.72. The van der Waals surface area contributed by atoms with Crippen molar-refractivity contribution in [1.29, 1.82) is 0 Å². The van der Waals surface area contributed by atoms with Crippen LogP contribution < -0.4 is 0 Å². The quantitative estimate of drug-likeness (QED) is 0.588. The van der Waals surface area contributed by atoms with Crippen LogP contribution in [0.1, 0.15) is 39.0 Å². The van der Waals surface area contributed by atoms with Crippen LogP contribution in [-0.4, -0.2) is 16.9 Å². The highest BCUT2D eigenvalue weighted by atomic mass is 35.5. The molecule has 0 aliphatic carbocycles. The molecule has 130 valence electrons. The minimum Gasteiger partial charge on any atom is -0.353 e.